The lowest BCUT2D eigenvalue weighted by atomic mass is 9.87. The molecule has 0 saturated heterocycles. The van der Waals surface area contributed by atoms with E-state index >= 15 is 0 Å². The number of ketones is 1. The fraction of sp³-hybridized carbons (Fsp3) is 0.118. The third-order valence-electron chi connectivity index (χ3n) is 7.34. The van der Waals surface area contributed by atoms with Gasteiger partial charge in [0.1, 0.15) is 6.54 Å². The zero-order valence-corrected chi connectivity index (χ0v) is 23.2. The van der Waals surface area contributed by atoms with Gasteiger partial charge in [-0.25, -0.2) is 4.79 Å². The van der Waals surface area contributed by atoms with Gasteiger partial charge in [-0.05, 0) is 53.9 Å². The number of urea groups is 1. The molecule has 1 N–H and O–H groups in total. The summed E-state index contributed by atoms with van der Waals surface area (Å²) in [5, 5.41) is 19.1. The number of nitrogens with zero attached hydrogens (tertiary/aromatic N) is 3. The summed E-state index contributed by atoms with van der Waals surface area (Å²) in [4.78, 5) is 42.1. The van der Waals surface area contributed by atoms with Crippen LogP contribution in [0.2, 0.25) is 0 Å². The second-order valence-electron chi connectivity index (χ2n) is 10.1. The molecule has 1 atom stereocenters. The summed E-state index contributed by atoms with van der Waals surface area (Å²) < 4.78 is 40.9. The lowest BCUT2D eigenvalue weighted by Gasteiger charge is -2.42. The van der Waals surface area contributed by atoms with Gasteiger partial charge in [-0.2, -0.15) is 18.4 Å². The summed E-state index contributed by atoms with van der Waals surface area (Å²) in [6, 6.07) is 26.1. The van der Waals surface area contributed by atoms with Gasteiger partial charge in [-0.3, -0.25) is 14.5 Å². The first-order valence-electron chi connectivity index (χ1n) is 13.4. The van der Waals surface area contributed by atoms with Crippen LogP contribution in [-0.2, 0) is 11.0 Å². The number of benzene rings is 4. The number of anilines is 1. The molecule has 44 heavy (non-hydrogen) atoms. The molecule has 1 unspecified atom stereocenters. The minimum absolute atomic E-state index is 0.000399. The number of hydrogen-bond donors (Lipinski definition) is 1. The topological polar surface area (TPSA) is 102 Å². The first-order valence-corrected chi connectivity index (χ1v) is 13.4. The van der Waals surface area contributed by atoms with E-state index in [4.69, 9.17) is 0 Å². The van der Waals surface area contributed by atoms with Crippen molar-refractivity contribution in [2.24, 2.45) is 0 Å². The molecule has 0 aliphatic carbocycles. The number of hydrogen-bond acceptors (Lipinski definition) is 4. The molecule has 0 spiro atoms. The first kappa shape index (κ1) is 29.8. The largest absolute Gasteiger partial charge is 0.480 e. The number of allylic oxidation sites excluding steroid dienone is 1. The van der Waals surface area contributed by atoms with Crippen LogP contribution in [0.25, 0.3) is 11.1 Å². The lowest BCUT2D eigenvalue weighted by molar-refractivity contribution is -0.138. The lowest BCUT2D eigenvalue weighted by Crippen LogP contribution is -2.52. The van der Waals surface area contributed by atoms with Gasteiger partial charge in [0.05, 0.1) is 28.9 Å². The second kappa shape index (κ2) is 11.9. The van der Waals surface area contributed by atoms with Gasteiger partial charge in [0, 0.05) is 16.8 Å². The molecule has 0 radical (unpaired) electrons. The van der Waals surface area contributed by atoms with E-state index in [0.29, 0.717) is 11.1 Å². The Labute approximate surface area is 250 Å². The molecule has 4 aromatic carbocycles. The third kappa shape index (κ3) is 5.80. The Morgan fingerprint density at radius 1 is 0.886 bits per heavy atom. The number of aliphatic carboxylic acids is 1. The summed E-state index contributed by atoms with van der Waals surface area (Å²) in [5.41, 5.74) is 1.49. The number of alkyl halides is 3. The SMILES string of the molecule is CC1=C(C(=O)c2ccc(-c3ccccc3)cc2)C(c2ccc(C#N)cc2)N(CC(=O)O)C(=O)N1c1cccc(C(F)(F)F)c1. The van der Waals surface area contributed by atoms with Crippen molar-refractivity contribution >= 4 is 23.5 Å². The highest BCUT2D eigenvalue weighted by Gasteiger charge is 2.43. The van der Waals surface area contributed by atoms with E-state index in [1.807, 2.05) is 36.4 Å². The second-order valence-corrected chi connectivity index (χ2v) is 10.1. The van der Waals surface area contributed by atoms with E-state index in [1.54, 1.807) is 24.3 Å². The molecule has 1 aliphatic heterocycles. The van der Waals surface area contributed by atoms with Crippen molar-refractivity contribution in [2.75, 3.05) is 11.4 Å². The molecule has 2 amide bonds. The number of carbonyl (C=O) groups is 3. The normalized spacial score (nSPS) is 15.2. The molecular weight excluding hydrogens is 571 g/mol. The Kier molecular flexibility index (Phi) is 8.05. The van der Waals surface area contributed by atoms with Crippen LogP contribution in [0, 0.1) is 11.3 Å². The molecule has 220 valence electrons. The Morgan fingerprint density at radius 2 is 1.52 bits per heavy atom. The highest BCUT2D eigenvalue weighted by molar-refractivity contribution is 6.13. The van der Waals surface area contributed by atoms with Crippen molar-refractivity contribution in [3.05, 3.63) is 137 Å². The Hall–Kier alpha value is -5.69. The fourth-order valence-electron chi connectivity index (χ4n) is 5.26. The minimum atomic E-state index is -4.71. The molecule has 1 heterocycles. The van der Waals surface area contributed by atoms with Crippen molar-refractivity contribution in [1.82, 2.24) is 4.90 Å². The Bertz CT molecular complexity index is 1810. The number of carbonyl (C=O) groups excluding carboxylic acids is 2. The molecule has 1 aliphatic rings. The first-order chi connectivity index (χ1) is 21.0. The van der Waals surface area contributed by atoms with Crippen LogP contribution in [-0.4, -0.2) is 34.3 Å². The van der Waals surface area contributed by atoms with Gasteiger partial charge in [-0.15, -0.1) is 0 Å². The van der Waals surface area contributed by atoms with Crippen LogP contribution in [0.4, 0.5) is 23.7 Å². The average Bonchev–Trinajstić information content (AvgIpc) is 3.02. The molecule has 0 bridgehead atoms. The zero-order chi connectivity index (χ0) is 31.6. The third-order valence-corrected chi connectivity index (χ3v) is 7.34. The predicted octanol–water partition coefficient (Wildman–Crippen LogP) is 7.47. The molecule has 0 aromatic heterocycles. The average molecular weight is 596 g/mol. The number of rotatable bonds is 7. The molecule has 7 nitrogen and oxygen atoms in total. The van der Waals surface area contributed by atoms with E-state index in [1.165, 1.54) is 37.3 Å². The number of carboxylic acids is 1. The monoisotopic (exact) mass is 595 g/mol. The van der Waals surface area contributed by atoms with Gasteiger partial charge >= 0.3 is 18.2 Å². The maximum atomic E-state index is 14.3. The quantitative estimate of drug-likeness (QED) is 0.223. The van der Waals surface area contributed by atoms with Crippen LogP contribution in [0.5, 0.6) is 0 Å². The zero-order valence-electron chi connectivity index (χ0n) is 23.2. The number of Topliss-reactive ketones (excluding diaryl/α,β-unsaturated/α-hetero) is 1. The van der Waals surface area contributed by atoms with E-state index in [0.717, 1.165) is 39.1 Å². The van der Waals surface area contributed by atoms with Gasteiger partial charge in [0.15, 0.2) is 5.78 Å². The molecule has 4 aromatic rings. The van der Waals surface area contributed by atoms with Crippen LogP contribution in [0.1, 0.15) is 40.0 Å². The maximum Gasteiger partial charge on any atom is 0.416 e. The smallest absolute Gasteiger partial charge is 0.416 e. The minimum Gasteiger partial charge on any atom is -0.480 e. The number of amides is 2. The van der Waals surface area contributed by atoms with E-state index in [2.05, 4.69) is 0 Å². The molecule has 0 saturated carbocycles. The predicted molar refractivity (Wildman–Crippen MR) is 156 cm³/mol. The summed E-state index contributed by atoms with van der Waals surface area (Å²) in [6.45, 7) is 0.592. The van der Waals surface area contributed by atoms with Crippen LogP contribution < -0.4 is 4.90 Å². The summed E-state index contributed by atoms with van der Waals surface area (Å²) in [5.74, 6) is -1.93. The standard InChI is InChI=1S/C34H24F3N3O4/c1-21-30(32(43)26-16-14-24(15-17-26)23-6-3-2-4-7-23)31(25-12-10-22(19-38)11-13-25)39(20-29(41)42)33(44)40(21)28-9-5-8-27(18-28)34(35,36)37/h2-18,31H,20H2,1H3,(H,41,42). The summed E-state index contributed by atoms with van der Waals surface area (Å²) >= 11 is 0. The fourth-order valence-corrected chi connectivity index (χ4v) is 5.26. The molecule has 5 rings (SSSR count). The van der Waals surface area contributed by atoms with Gasteiger partial charge in [0.25, 0.3) is 0 Å². The number of halogens is 3. The molecule has 10 heteroatoms. The molecular formula is C34H24F3N3O4. The summed E-state index contributed by atoms with van der Waals surface area (Å²) in [6.07, 6.45) is -4.71. The van der Waals surface area contributed by atoms with Crippen molar-refractivity contribution in [3.63, 3.8) is 0 Å². The Morgan fingerprint density at radius 3 is 2.11 bits per heavy atom. The van der Waals surface area contributed by atoms with Crippen molar-refractivity contribution < 1.29 is 32.7 Å². The number of carboxylic acid groups (broad SMARTS) is 1. The van der Waals surface area contributed by atoms with E-state index in [9.17, 15) is 37.9 Å². The highest BCUT2D eigenvalue weighted by atomic mass is 19.4. The summed E-state index contributed by atoms with van der Waals surface area (Å²) in [7, 11) is 0. The van der Waals surface area contributed by atoms with E-state index < -0.39 is 42.1 Å². The Balaban J connectivity index is 1.71. The van der Waals surface area contributed by atoms with E-state index in [-0.39, 0.29) is 22.5 Å². The van der Waals surface area contributed by atoms with Crippen LogP contribution in [0.15, 0.2) is 114 Å². The highest BCUT2D eigenvalue weighted by Crippen LogP contribution is 2.42. The van der Waals surface area contributed by atoms with Crippen LogP contribution >= 0.6 is 0 Å². The van der Waals surface area contributed by atoms with Crippen molar-refractivity contribution in [1.29, 1.82) is 5.26 Å². The number of nitriles is 1. The van der Waals surface area contributed by atoms with Gasteiger partial charge in [-0.1, -0.05) is 72.8 Å². The molecule has 0 fully saturated rings. The van der Waals surface area contributed by atoms with Gasteiger partial charge in [0.2, 0.25) is 0 Å². The van der Waals surface area contributed by atoms with Gasteiger partial charge < -0.3 is 10.0 Å². The van der Waals surface area contributed by atoms with Crippen LogP contribution in [0.3, 0.4) is 0 Å². The van der Waals surface area contributed by atoms with Crippen molar-refractivity contribution in [3.8, 4) is 17.2 Å². The maximum absolute atomic E-state index is 14.3. The van der Waals surface area contributed by atoms with Crippen molar-refractivity contribution in [2.45, 2.75) is 19.1 Å².